The first kappa shape index (κ1) is 19.1. The van der Waals surface area contributed by atoms with E-state index in [1.54, 1.807) is 18.2 Å². The molecule has 0 unspecified atom stereocenters. The SMILES string of the molecule is O=S(=O)(Cc1ccco1)C1CCN(S(=O)(=O)Cc2cccc(F)c2)CC1. The molecule has 1 aromatic heterocycles. The number of halogens is 1. The summed E-state index contributed by atoms with van der Waals surface area (Å²) in [4.78, 5) is 0. The first-order valence-corrected chi connectivity index (χ1v) is 11.5. The van der Waals surface area contributed by atoms with Crippen molar-refractivity contribution in [3.05, 3.63) is 59.8 Å². The number of nitrogens with zero attached hydrogens (tertiary/aromatic N) is 1. The number of sulfonamides is 1. The van der Waals surface area contributed by atoms with Gasteiger partial charge in [-0.05, 0) is 42.7 Å². The molecule has 6 nitrogen and oxygen atoms in total. The molecule has 3 rings (SSSR count). The molecule has 0 spiro atoms. The van der Waals surface area contributed by atoms with Crippen molar-refractivity contribution >= 4 is 19.9 Å². The maximum Gasteiger partial charge on any atom is 0.218 e. The summed E-state index contributed by atoms with van der Waals surface area (Å²) in [5.74, 6) is -0.582. The smallest absolute Gasteiger partial charge is 0.218 e. The van der Waals surface area contributed by atoms with E-state index in [2.05, 4.69) is 0 Å². The largest absolute Gasteiger partial charge is 0.468 e. The topological polar surface area (TPSA) is 84.7 Å². The van der Waals surface area contributed by atoms with Crippen molar-refractivity contribution in [1.29, 1.82) is 0 Å². The van der Waals surface area contributed by atoms with E-state index >= 15 is 0 Å². The van der Waals surface area contributed by atoms with Gasteiger partial charge in [-0.3, -0.25) is 0 Å². The van der Waals surface area contributed by atoms with Gasteiger partial charge in [0, 0.05) is 13.1 Å². The van der Waals surface area contributed by atoms with Gasteiger partial charge in [0.1, 0.15) is 17.3 Å². The van der Waals surface area contributed by atoms with Gasteiger partial charge in [-0.15, -0.1) is 0 Å². The van der Waals surface area contributed by atoms with Crippen LogP contribution in [0.15, 0.2) is 47.1 Å². The van der Waals surface area contributed by atoms with E-state index in [0.717, 1.165) is 0 Å². The summed E-state index contributed by atoms with van der Waals surface area (Å²) in [6.45, 7) is 0.277. The first-order chi connectivity index (χ1) is 12.3. The van der Waals surface area contributed by atoms with Gasteiger partial charge in [-0.1, -0.05) is 12.1 Å². The van der Waals surface area contributed by atoms with Crippen molar-refractivity contribution in [2.75, 3.05) is 13.1 Å². The van der Waals surface area contributed by atoms with Crippen molar-refractivity contribution in [2.45, 2.75) is 29.6 Å². The Morgan fingerprint density at radius 3 is 2.38 bits per heavy atom. The molecule has 1 saturated heterocycles. The molecule has 0 amide bonds. The van der Waals surface area contributed by atoms with E-state index in [9.17, 15) is 21.2 Å². The number of hydrogen-bond acceptors (Lipinski definition) is 5. The maximum atomic E-state index is 13.2. The van der Waals surface area contributed by atoms with Crippen LogP contribution < -0.4 is 0 Å². The molecular weight excluding hydrogens is 381 g/mol. The highest BCUT2D eigenvalue weighted by Crippen LogP contribution is 2.24. The second-order valence-electron chi connectivity index (χ2n) is 6.37. The molecule has 2 heterocycles. The van der Waals surface area contributed by atoms with Crippen molar-refractivity contribution in [3.63, 3.8) is 0 Å². The molecular formula is C17H20FNO5S2. The lowest BCUT2D eigenvalue weighted by molar-refractivity contribution is 0.344. The number of furan rings is 1. The molecule has 0 aliphatic carbocycles. The number of benzene rings is 1. The Hall–Kier alpha value is -1.71. The quantitative estimate of drug-likeness (QED) is 0.742. The lowest BCUT2D eigenvalue weighted by Gasteiger charge is -2.30. The van der Waals surface area contributed by atoms with Crippen LogP contribution in [0.25, 0.3) is 0 Å². The fourth-order valence-electron chi connectivity index (χ4n) is 3.11. The lowest BCUT2D eigenvalue weighted by Crippen LogP contribution is -2.43. The van der Waals surface area contributed by atoms with Crippen LogP contribution in [0, 0.1) is 5.82 Å². The number of piperidine rings is 1. The summed E-state index contributed by atoms with van der Waals surface area (Å²) in [5, 5.41) is -0.590. The predicted molar refractivity (Wildman–Crippen MR) is 95.0 cm³/mol. The van der Waals surface area contributed by atoms with Gasteiger partial charge >= 0.3 is 0 Å². The minimum Gasteiger partial charge on any atom is -0.468 e. The zero-order valence-corrected chi connectivity index (χ0v) is 15.7. The minimum absolute atomic E-state index is 0.139. The molecule has 9 heteroatoms. The van der Waals surface area contributed by atoms with E-state index in [0.29, 0.717) is 11.3 Å². The van der Waals surface area contributed by atoms with Crippen LogP contribution in [0.4, 0.5) is 4.39 Å². The Balaban J connectivity index is 1.62. The van der Waals surface area contributed by atoms with Gasteiger partial charge < -0.3 is 4.42 Å². The van der Waals surface area contributed by atoms with Gasteiger partial charge in [-0.2, -0.15) is 0 Å². The average Bonchev–Trinajstić information content (AvgIpc) is 3.07. The molecule has 1 aliphatic rings. The van der Waals surface area contributed by atoms with Gasteiger partial charge in [0.15, 0.2) is 9.84 Å². The molecule has 0 atom stereocenters. The third-order valence-electron chi connectivity index (χ3n) is 4.46. The predicted octanol–water partition coefficient (Wildman–Crippen LogP) is 2.33. The highest BCUT2D eigenvalue weighted by atomic mass is 32.2. The average molecular weight is 401 g/mol. The number of sulfone groups is 1. The highest BCUT2D eigenvalue weighted by Gasteiger charge is 2.34. The van der Waals surface area contributed by atoms with Crippen molar-refractivity contribution in [1.82, 2.24) is 4.31 Å². The molecule has 1 fully saturated rings. The molecule has 26 heavy (non-hydrogen) atoms. The van der Waals surface area contributed by atoms with Crippen LogP contribution in [0.5, 0.6) is 0 Å². The van der Waals surface area contributed by atoms with Crippen molar-refractivity contribution < 1.29 is 25.6 Å². The normalized spacial score (nSPS) is 17.4. The molecule has 142 valence electrons. The van der Waals surface area contributed by atoms with Gasteiger partial charge in [0.05, 0.1) is 17.3 Å². The van der Waals surface area contributed by atoms with Crippen molar-refractivity contribution in [2.24, 2.45) is 0 Å². The molecule has 0 saturated carbocycles. The lowest BCUT2D eigenvalue weighted by atomic mass is 10.2. The fourth-order valence-corrected chi connectivity index (χ4v) is 6.39. The van der Waals surface area contributed by atoms with Crippen LogP contribution in [-0.4, -0.2) is 39.5 Å². The third-order valence-corrected chi connectivity index (χ3v) is 8.49. The van der Waals surface area contributed by atoms with E-state index < -0.39 is 30.9 Å². The molecule has 0 radical (unpaired) electrons. The summed E-state index contributed by atoms with van der Waals surface area (Å²) in [6.07, 6.45) is 1.91. The Labute approximate surface area is 152 Å². The molecule has 0 bridgehead atoms. The van der Waals surface area contributed by atoms with Gasteiger partial charge in [0.2, 0.25) is 10.0 Å². The monoisotopic (exact) mass is 401 g/mol. The third kappa shape index (κ3) is 4.52. The standard InChI is InChI=1S/C17H20FNO5S2/c18-15-4-1-3-14(11-15)12-26(22,23)19-8-6-17(7-9-19)25(20,21)13-16-5-2-10-24-16/h1-5,10-11,17H,6-9,12-13H2. The summed E-state index contributed by atoms with van der Waals surface area (Å²) < 4.78 is 69.6. The van der Waals surface area contributed by atoms with Crippen molar-refractivity contribution in [3.8, 4) is 0 Å². The van der Waals surface area contributed by atoms with Crippen LogP contribution in [-0.2, 0) is 31.4 Å². The summed E-state index contributed by atoms with van der Waals surface area (Å²) in [6, 6.07) is 8.71. The minimum atomic E-state index is -3.62. The Bertz CT molecular complexity index is 947. The summed E-state index contributed by atoms with van der Waals surface area (Å²) >= 11 is 0. The van der Waals surface area contributed by atoms with Crippen LogP contribution in [0.2, 0.25) is 0 Å². The zero-order valence-electron chi connectivity index (χ0n) is 14.0. The molecule has 0 N–H and O–H groups in total. The zero-order chi connectivity index (χ0) is 18.8. The number of hydrogen-bond donors (Lipinski definition) is 0. The van der Waals surface area contributed by atoms with Crippen LogP contribution >= 0.6 is 0 Å². The maximum absolute atomic E-state index is 13.2. The second-order valence-corrected chi connectivity index (χ2v) is 10.6. The van der Waals surface area contributed by atoms with Crippen LogP contribution in [0.3, 0.4) is 0 Å². The molecule has 1 aromatic carbocycles. The van der Waals surface area contributed by atoms with Crippen LogP contribution in [0.1, 0.15) is 24.2 Å². The van der Waals surface area contributed by atoms with E-state index in [1.807, 2.05) is 0 Å². The van der Waals surface area contributed by atoms with Gasteiger partial charge in [-0.25, -0.2) is 25.5 Å². The molecule has 1 aliphatic heterocycles. The first-order valence-electron chi connectivity index (χ1n) is 8.22. The second kappa shape index (κ2) is 7.50. The highest BCUT2D eigenvalue weighted by molar-refractivity contribution is 7.91. The van der Waals surface area contributed by atoms with E-state index in [4.69, 9.17) is 4.42 Å². The Morgan fingerprint density at radius 2 is 1.77 bits per heavy atom. The Morgan fingerprint density at radius 1 is 1.04 bits per heavy atom. The fraction of sp³-hybridized carbons (Fsp3) is 0.412. The van der Waals surface area contributed by atoms with E-state index in [-0.39, 0.29) is 37.4 Å². The molecule has 2 aromatic rings. The number of rotatable bonds is 6. The Kier molecular flexibility index (Phi) is 5.50. The summed E-state index contributed by atoms with van der Waals surface area (Å²) in [7, 11) is -7.02. The van der Waals surface area contributed by atoms with Gasteiger partial charge in [0.25, 0.3) is 0 Å². The summed E-state index contributed by atoms with van der Waals surface area (Å²) in [5.41, 5.74) is 0.373. The van der Waals surface area contributed by atoms with E-state index in [1.165, 1.54) is 28.8 Å².